The first kappa shape index (κ1) is 30.3. The van der Waals surface area contributed by atoms with Crippen molar-refractivity contribution in [2.75, 3.05) is 0 Å². The van der Waals surface area contributed by atoms with Crippen molar-refractivity contribution in [1.82, 2.24) is 19.1 Å². The number of rotatable bonds is 2. The van der Waals surface area contributed by atoms with Gasteiger partial charge < -0.3 is 13.4 Å². The standard InChI is InChI=1S/C52H28N4O2/c1-2-14-30-29(13-1)31-15-3-7-22-40(31)55-42-27-38-32-16-4-8-23-41(32)56(43(38)28-39(42)34-20-11-19-33(30)50(34)55)52-53-48-36-18-6-10-25-45(36)58-51(48)49(54-52)37-21-12-26-46-47(37)35-17-5-9-24-44(35)57-46/h1-28H. The first-order chi connectivity index (χ1) is 28.8. The first-order valence-corrected chi connectivity index (χ1v) is 19.6. The maximum absolute atomic E-state index is 6.66. The molecule has 0 unspecified atom stereocenters. The minimum Gasteiger partial charge on any atom is -0.456 e. The molecule has 1 aliphatic rings. The highest BCUT2D eigenvalue weighted by Crippen LogP contribution is 2.48. The van der Waals surface area contributed by atoms with Crippen molar-refractivity contribution in [3.63, 3.8) is 0 Å². The molecule has 58 heavy (non-hydrogen) atoms. The summed E-state index contributed by atoms with van der Waals surface area (Å²) < 4.78 is 17.8. The fraction of sp³-hybridized carbons (Fsp3) is 0. The van der Waals surface area contributed by atoms with Crippen molar-refractivity contribution in [3.05, 3.63) is 170 Å². The van der Waals surface area contributed by atoms with E-state index < -0.39 is 0 Å². The summed E-state index contributed by atoms with van der Waals surface area (Å²) in [5.74, 6) is 0.578. The van der Waals surface area contributed by atoms with Crippen LogP contribution in [0.5, 0.6) is 0 Å². The minimum atomic E-state index is 0.578. The second-order valence-corrected chi connectivity index (χ2v) is 15.3. The van der Waals surface area contributed by atoms with Crippen LogP contribution < -0.4 is 0 Å². The molecule has 0 radical (unpaired) electrons. The van der Waals surface area contributed by atoms with Crippen molar-refractivity contribution >= 4 is 87.6 Å². The quantitative estimate of drug-likeness (QED) is 0.177. The largest absolute Gasteiger partial charge is 0.456 e. The van der Waals surface area contributed by atoms with E-state index >= 15 is 0 Å². The van der Waals surface area contributed by atoms with E-state index in [4.69, 9.17) is 18.8 Å². The van der Waals surface area contributed by atoms with Crippen LogP contribution in [-0.4, -0.2) is 19.1 Å². The van der Waals surface area contributed by atoms with E-state index in [2.05, 4.69) is 137 Å². The Kier molecular flexibility index (Phi) is 5.68. The molecular weight excluding hydrogens is 713 g/mol. The summed E-state index contributed by atoms with van der Waals surface area (Å²) in [6.07, 6.45) is 0. The Balaban J connectivity index is 1.13. The number of hydrogen-bond donors (Lipinski definition) is 0. The van der Waals surface area contributed by atoms with Crippen LogP contribution in [0.3, 0.4) is 0 Å². The number of aromatic nitrogens is 4. The Bertz CT molecular complexity index is 3930. The van der Waals surface area contributed by atoms with E-state index in [9.17, 15) is 0 Å². The van der Waals surface area contributed by atoms with Gasteiger partial charge in [-0.1, -0.05) is 121 Å². The number of benzene rings is 8. The molecule has 0 saturated heterocycles. The molecule has 0 atom stereocenters. The van der Waals surface area contributed by atoms with Crippen molar-refractivity contribution in [1.29, 1.82) is 0 Å². The monoisotopic (exact) mass is 740 g/mol. The lowest BCUT2D eigenvalue weighted by atomic mass is 9.94. The summed E-state index contributed by atoms with van der Waals surface area (Å²) in [7, 11) is 0. The molecule has 0 amide bonds. The SMILES string of the molecule is c1ccc2c(c1)-c1ccccc1-n1c3cc4c5ccccc5n(-c5nc(-c6cccc7oc8ccccc8c67)c6oc7ccccc7c6n5)c4cc3c3cccc-2c31. The number of para-hydroxylation sites is 5. The third kappa shape index (κ3) is 3.81. The molecule has 0 N–H and O–H groups in total. The summed E-state index contributed by atoms with van der Waals surface area (Å²) in [5.41, 5.74) is 16.0. The topological polar surface area (TPSA) is 61.9 Å². The van der Waals surface area contributed by atoms with Gasteiger partial charge in [0.05, 0.1) is 27.8 Å². The van der Waals surface area contributed by atoms with Gasteiger partial charge in [0, 0.05) is 54.4 Å². The molecule has 0 spiro atoms. The van der Waals surface area contributed by atoms with Crippen molar-refractivity contribution in [2.24, 2.45) is 0 Å². The van der Waals surface area contributed by atoms with Crippen molar-refractivity contribution in [3.8, 4) is 45.1 Å². The third-order valence-corrected chi connectivity index (χ3v) is 12.3. The predicted octanol–water partition coefficient (Wildman–Crippen LogP) is 13.8. The zero-order valence-corrected chi connectivity index (χ0v) is 30.8. The lowest BCUT2D eigenvalue weighted by molar-refractivity contribution is 0.666. The Hall–Kier alpha value is -7.96. The molecule has 14 rings (SSSR count). The molecule has 0 aliphatic carbocycles. The number of furan rings is 2. The zero-order valence-electron chi connectivity index (χ0n) is 30.8. The van der Waals surface area contributed by atoms with Crippen molar-refractivity contribution in [2.45, 2.75) is 0 Å². The zero-order chi connectivity index (χ0) is 37.6. The van der Waals surface area contributed by atoms with E-state index in [0.717, 1.165) is 77.0 Å². The highest BCUT2D eigenvalue weighted by Gasteiger charge is 2.27. The maximum atomic E-state index is 6.66. The van der Waals surface area contributed by atoms with Crippen LogP contribution >= 0.6 is 0 Å². The predicted molar refractivity (Wildman–Crippen MR) is 235 cm³/mol. The Morgan fingerprint density at radius 1 is 0.379 bits per heavy atom. The molecule has 5 aromatic heterocycles. The Morgan fingerprint density at radius 2 is 0.966 bits per heavy atom. The summed E-state index contributed by atoms with van der Waals surface area (Å²) in [6, 6.07) is 60.1. The molecule has 268 valence electrons. The Labute approximate surface area is 329 Å². The molecule has 6 heteroatoms. The van der Waals surface area contributed by atoms with Gasteiger partial charge in [-0.3, -0.25) is 4.57 Å². The lowest BCUT2D eigenvalue weighted by Crippen LogP contribution is -2.03. The van der Waals surface area contributed by atoms with Crippen molar-refractivity contribution < 1.29 is 8.83 Å². The maximum Gasteiger partial charge on any atom is 0.236 e. The van der Waals surface area contributed by atoms with Gasteiger partial charge >= 0.3 is 0 Å². The van der Waals surface area contributed by atoms with E-state index in [1.54, 1.807) is 0 Å². The number of fused-ring (bicyclic) bond motifs is 17. The molecule has 6 heterocycles. The lowest BCUT2D eigenvalue weighted by Gasteiger charge is -2.12. The Morgan fingerprint density at radius 3 is 1.83 bits per heavy atom. The summed E-state index contributed by atoms with van der Waals surface area (Å²) in [6.45, 7) is 0. The van der Waals surface area contributed by atoms with E-state index in [-0.39, 0.29) is 0 Å². The molecule has 0 fully saturated rings. The van der Waals surface area contributed by atoms with Gasteiger partial charge in [-0.15, -0.1) is 0 Å². The van der Waals surface area contributed by atoms with Crippen LogP contribution in [0, 0.1) is 0 Å². The fourth-order valence-electron chi connectivity index (χ4n) is 9.89. The van der Waals surface area contributed by atoms with Crippen LogP contribution in [0.4, 0.5) is 0 Å². The van der Waals surface area contributed by atoms with Gasteiger partial charge in [0.1, 0.15) is 28.0 Å². The minimum absolute atomic E-state index is 0.578. The molecule has 13 aromatic rings. The van der Waals surface area contributed by atoms with Gasteiger partial charge in [-0.05, 0) is 59.7 Å². The van der Waals surface area contributed by atoms with E-state index in [1.165, 1.54) is 44.2 Å². The highest BCUT2D eigenvalue weighted by molar-refractivity contribution is 6.22. The number of nitrogens with zero attached hydrogens (tertiary/aromatic N) is 4. The second kappa shape index (κ2) is 10.9. The van der Waals surface area contributed by atoms with Crippen LogP contribution in [-0.2, 0) is 0 Å². The molecule has 1 aliphatic heterocycles. The second-order valence-electron chi connectivity index (χ2n) is 15.3. The fourth-order valence-corrected chi connectivity index (χ4v) is 9.89. The molecular formula is C52H28N4O2. The molecule has 0 saturated carbocycles. The normalized spacial score (nSPS) is 12.5. The van der Waals surface area contributed by atoms with E-state index in [0.29, 0.717) is 11.5 Å². The highest BCUT2D eigenvalue weighted by atomic mass is 16.3. The average molecular weight is 741 g/mol. The van der Waals surface area contributed by atoms with Gasteiger partial charge in [-0.25, -0.2) is 9.97 Å². The van der Waals surface area contributed by atoms with Crippen LogP contribution in [0.25, 0.3) is 133 Å². The summed E-state index contributed by atoms with van der Waals surface area (Å²) in [4.78, 5) is 10.9. The van der Waals surface area contributed by atoms with E-state index in [1.807, 2.05) is 42.5 Å². The van der Waals surface area contributed by atoms with Gasteiger partial charge in [0.25, 0.3) is 0 Å². The number of hydrogen-bond acceptors (Lipinski definition) is 4. The third-order valence-electron chi connectivity index (χ3n) is 12.3. The van der Waals surface area contributed by atoms with Gasteiger partial charge in [-0.2, -0.15) is 0 Å². The summed E-state index contributed by atoms with van der Waals surface area (Å²) >= 11 is 0. The molecule has 8 aromatic carbocycles. The van der Waals surface area contributed by atoms with Crippen LogP contribution in [0.2, 0.25) is 0 Å². The van der Waals surface area contributed by atoms with Crippen LogP contribution in [0.15, 0.2) is 179 Å². The average Bonchev–Trinajstić information content (AvgIpc) is 4.01. The van der Waals surface area contributed by atoms with Gasteiger partial charge in [0.2, 0.25) is 5.95 Å². The van der Waals surface area contributed by atoms with Gasteiger partial charge in [0.15, 0.2) is 5.58 Å². The summed E-state index contributed by atoms with van der Waals surface area (Å²) in [5, 5.41) is 7.62. The first-order valence-electron chi connectivity index (χ1n) is 19.6. The molecule has 0 bridgehead atoms. The smallest absolute Gasteiger partial charge is 0.236 e. The molecule has 6 nitrogen and oxygen atoms in total. The van der Waals surface area contributed by atoms with Crippen LogP contribution in [0.1, 0.15) is 0 Å².